The van der Waals surface area contributed by atoms with Crippen LogP contribution in [0.15, 0.2) is 53.4 Å². The molecule has 0 saturated carbocycles. The minimum absolute atomic E-state index is 0.00432. The van der Waals surface area contributed by atoms with Crippen LogP contribution in [-0.2, 0) is 9.59 Å². The number of hydrogen-bond donors (Lipinski definition) is 2. The molecule has 2 amide bonds. The van der Waals surface area contributed by atoms with Gasteiger partial charge in [-0.3, -0.25) is 9.59 Å². The lowest BCUT2D eigenvalue weighted by Gasteiger charge is -2.17. The molecule has 2 aromatic carbocycles. The van der Waals surface area contributed by atoms with Gasteiger partial charge in [0.1, 0.15) is 0 Å². The number of benzene rings is 2. The normalized spacial score (nSPS) is 10.6. The monoisotopic (exact) mass is 393 g/mol. The highest BCUT2D eigenvalue weighted by atomic mass is 32.2. The van der Waals surface area contributed by atoms with Crippen LogP contribution < -0.4 is 10.6 Å². The van der Waals surface area contributed by atoms with Crippen molar-refractivity contribution >= 4 is 35.0 Å². The predicted molar refractivity (Wildman–Crippen MR) is 104 cm³/mol. The van der Waals surface area contributed by atoms with E-state index in [4.69, 9.17) is 0 Å². The zero-order valence-corrected chi connectivity index (χ0v) is 15.9. The molecule has 144 valence electrons. The molecule has 5 nitrogen and oxygen atoms in total. The molecule has 8 heteroatoms. The van der Waals surface area contributed by atoms with Gasteiger partial charge in [-0.25, -0.2) is 0 Å². The van der Waals surface area contributed by atoms with Gasteiger partial charge in [0.15, 0.2) is 0 Å². The fraction of sp³-hybridized carbons (Fsp3) is 0.263. The van der Waals surface area contributed by atoms with Gasteiger partial charge in [0, 0.05) is 23.3 Å². The molecule has 2 rings (SSSR count). The number of anilines is 2. The van der Waals surface area contributed by atoms with Crippen molar-refractivity contribution in [3.8, 4) is 0 Å². The van der Waals surface area contributed by atoms with E-state index in [1.807, 2.05) is 19.1 Å². The maximum atomic E-state index is 12.3. The molecule has 0 fully saturated rings. The second-order valence-electron chi connectivity index (χ2n) is 5.92. The summed E-state index contributed by atoms with van der Waals surface area (Å²) in [6.07, 6.45) is 0. The third kappa shape index (κ3) is 7.26. The van der Waals surface area contributed by atoms with Crippen molar-refractivity contribution in [3.63, 3.8) is 0 Å². The van der Waals surface area contributed by atoms with Crippen LogP contribution in [0.2, 0.25) is 0 Å². The number of carbonyl (C=O) groups is 2. The number of likely N-dealkylation sites (N-methyl/N-ethyl adjacent to an activating group) is 1. The van der Waals surface area contributed by atoms with Crippen LogP contribution in [0.25, 0.3) is 0 Å². The first-order valence-electron chi connectivity index (χ1n) is 8.22. The largest absolute Gasteiger partial charge is 0.376 e. The lowest BCUT2D eigenvalue weighted by molar-refractivity contribution is -0.131. The summed E-state index contributed by atoms with van der Waals surface area (Å²) < 4.78 is 24.6. The molecule has 0 aliphatic rings. The minimum atomic E-state index is -2.47. The Hall–Kier alpha value is -2.61. The summed E-state index contributed by atoms with van der Waals surface area (Å²) in [6.45, 7) is 1.88. The molecule has 0 heterocycles. The van der Waals surface area contributed by atoms with Gasteiger partial charge in [0.25, 0.3) is 5.76 Å². The number of halogens is 2. The average Bonchev–Trinajstić information content (AvgIpc) is 2.62. The van der Waals surface area contributed by atoms with Crippen molar-refractivity contribution in [3.05, 3.63) is 54.1 Å². The second-order valence-corrected chi connectivity index (χ2v) is 6.98. The van der Waals surface area contributed by atoms with Crippen LogP contribution in [0.4, 0.5) is 20.2 Å². The Kier molecular flexibility index (Phi) is 7.60. The van der Waals surface area contributed by atoms with E-state index in [1.54, 1.807) is 43.4 Å². The van der Waals surface area contributed by atoms with Gasteiger partial charge >= 0.3 is 0 Å². The fourth-order valence-electron chi connectivity index (χ4n) is 2.21. The molecule has 0 saturated heterocycles. The SMILES string of the molecule is Cc1ccc(NC(=O)CN(C)C(=O)CNc2ccc(SC(F)F)cc2)cc1. The van der Waals surface area contributed by atoms with E-state index >= 15 is 0 Å². The molecular formula is C19H21F2N3O2S. The zero-order valence-electron chi connectivity index (χ0n) is 15.0. The number of thioether (sulfide) groups is 1. The van der Waals surface area contributed by atoms with Crippen molar-refractivity contribution in [2.45, 2.75) is 17.6 Å². The number of carbonyl (C=O) groups excluding carboxylic acids is 2. The maximum absolute atomic E-state index is 12.3. The minimum Gasteiger partial charge on any atom is -0.376 e. The average molecular weight is 393 g/mol. The number of alkyl halides is 2. The van der Waals surface area contributed by atoms with Gasteiger partial charge in [-0.15, -0.1) is 0 Å². The lowest BCUT2D eigenvalue weighted by atomic mass is 10.2. The van der Waals surface area contributed by atoms with Crippen molar-refractivity contribution in [1.82, 2.24) is 4.90 Å². The highest BCUT2D eigenvalue weighted by Gasteiger charge is 2.13. The Morgan fingerprint density at radius 2 is 1.63 bits per heavy atom. The fourth-order valence-corrected chi connectivity index (χ4v) is 2.71. The van der Waals surface area contributed by atoms with E-state index in [9.17, 15) is 18.4 Å². The standard InChI is InChI=1S/C19H21F2N3O2S/c1-13-3-5-15(6-4-13)23-17(25)12-24(2)18(26)11-22-14-7-9-16(10-8-14)27-19(20)21/h3-10,19,22H,11-12H2,1-2H3,(H,23,25). The van der Waals surface area contributed by atoms with Crippen molar-refractivity contribution in [2.75, 3.05) is 30.8 Å². The molecule has 2 aromatic rings. The third-order valence-electron chi connectivity index (χ3n) is 3.67. The summed E-state index contributed by atoms with van der Waals surface area (Å²) in [5.41, 5.74) is 2.40. The maximum Gasteiger partial charge on any atom is 0.288 e. The van der Waals surface area contributed by atoms with E-state index in [0.717, 1.165) is 5.56 Å². The highest BCUT2D eigenvalue weighted by molar-refractivity contribution is 7.99. The van der Waals surface area contributed by atoms with Gasteiger partial charge in [-0.1, -0.05) is 29.5 Å². The smallest absolute Gasteiger partial charge is 0.288 e. The van der Waals surface area contributed by atoms with E-state index in [1.165, 1.54) is 4.90 Å². The van der Waals surface area contributed by atoms with Gasteiger partial charge in [-0.2, -0.15) is 8.78 Å². The Morgan fingerprint density at radius 1 is 1.04 bits per heavy atom. The molecule has 27 heavy (non-hydrogen) atoms. The molecule has 0 spiro atoms. The number of nitrogens with zero attached hydrogens (tertiary/aromatic N) is 1. The van der Waals surface area contributed by atoms with Crippen molar-refractivity contribution in [1.29, 1.82) is 0 Å². The molecule has 0 radical (unpaired) electrons. The Balaban J connectivity index is 1.77. The van der Waals surface area contributed by atoms with E-state index in [-0.39, 0.29) is 24.9 Å². The molecule has 2 N–H and O–H groups in total. The van der Waals surface area contributed by atoms with Crippen LogP contribution >= 0.6 is 11.8 Å². The van der Waals surface area contributed by atoms with Gasteiger partial charge in [0.2, 0.25) is 11.8 Å². The number of amides is 2. The summed E-state index contributed by atoms with van der Waals surface area (Å²) in [5, 5.41) is 5.65. The van der Waals surface area contributed by atoms with Gasteiger partial charge in [-0.05, 0) is 43.3 Å². The zero-order chi connectivity index (χ0) is 19.8. The lowest BCUT2D eigenvalue weighted by Crippen LogP contribution is -2.38. The number of hydrogen-bond acceptors (Lipinski definition) is 4. The van der Waals surface area contributed by atoms with Crippen LogP contribution in [0.5, 0.6) is 0 Å². The molecule has 0 aromatic heterocycles. The number of nitrogens with one attached hydrogen (secondary N) is 2. The highest BCUT2D eigenvalue weighted by Crippen LogP contribution is 2.26. The van der Waals surface area contributed by atoms with Crippen molar-refractivity contribution in [2.24, 2.45) is 0 Å². The Bertz CT molecular complexity index is 768. The summed E-state index contributed by atoms with van der Waals surface area (Å²) in [4.78, 5) is 25.9. The molecule has 0 aliphatic carbocycles. The van der Waals surface area contributed by atoms with Crippen LogP contribution in [-0.4, -0.2) is 42.6 Å². The topological polar surface area (TPSA) is 61.4 Å². The van der Waals surface area contributed by atoms with E-state index in [2.05, 4.69) is 10.6 Å². The summed E-state index contributed by atoms with van der Waals surface area (Å²) in [7, 11) is 1.54. The van der Waals surface area contributed by atoms with Crippen LogP contribution in [0, 0.1) is 6.92 Å². The van der Waals surface area contributed by atoms with Gasteiger partial charge in [0.05, 0.1) is 13.1 Å². The molecule has 0 atom stereocenters. The molecular weight excluding hydrogens is 372 g/mol. The Morgan fingerprint density at radius 3 is 2.22 bits per heavy atom. The first-order chi connectivity index (χ1) is 12.8. The number of aryl methyl sites for hydroxylation is 1. The number of rotatable bonds is 8. The molecule has 0 aliphatic heterocycles. The summed E-state index contributed by atoms with van der Waals surface area (Å²) in [5.74, 6) is -3.02. The van der Waals surface area contributed by atoms with E-state index < -0.39 is 5.76 Å². The summed E-state index contributed by atoms with van der Waals surface area (Å²) >= 11 is 0.464. The van der Waals surface area contributed by atoms with E-state index in [0.29, 0.717) is 28.0 Å². The quantitative estimate of drug-likeness (QED) is 0.670. The summed E-state index contributed by atoms with van der Waals surface area (Å²) in [6, 6.07) is 13.7. The van der Waals surface area contributed by atoms with Crippen molar-refractivity contribution < 1.29 is 18.4 Å². The van der Waals surface area contributed by atoms with Crippen LogP contribution in [0.1, 0.15) is 5.56 Å². The third-order valence-corrected chi connectivity index (χ3v) is 4.39. The molecule has 0 unspecified atom stereocenters. The second kappa shape index (κ2) is 9.91. The van der Waals surface area contributed by atoms with Gasteiger partial charge < -0.3 is 15.5 Å². The first kappa shape index (κ1) is 20.7. The first-order valence-corrected chi connectivity index (χ1v) is 9.10. The predicted octanol–water partition coefficient (Wildman–Crippen LogP) is 3.82. The van der Waals surface area contributed by atoms with Crippen LogP contribution in [0.3, 0.4) is 0 Å². The molecule has 0 bridgehead atoms. The Labute approximate surface area is 161 Å².